The normalized spacial score (nSPS) is 15.3. The second-order valence-corrected chi connectivity index (χ2v) is 8.26. The lowest BCUT2D eigenvalue weighted by Crippen LogP contribution is -2.40. The average molecular weight is 426 g/mol. The van der Waals surface area contributed by atoms with Gasteiger partial charge in [0.25, 0.3) is 5.91 Å². The highest BCUT2D eigenvalue weighted by molar-refractivity contribution is 7.89. The van der Waals surface area contributed by atoms with Gasteiger partial charge in [-0.15, -0.1) is 0 Å². The molecule has 1 heterocycles. The molecule has 1 N–H and O–H groups in total. The molecule has 29 heavy (non-hydrogen) atoms. The number of carbonyl (C=O) groups excluding carboxylic acids is 1. The number of aryl methyl sites for hydroxylation is 1. The van der Waals surface area contributed by atoms with E-state index in [1.807, 2.05) is 0 Å². The monoisotopic (exact) mass is 426 g/mol. The standard InChI is InChI=1S/C19H20F2N2O5S/c1-13-2-3-14(12-17(13)29(25,26)23-8-10-27-11-9-23)18(24)22-15-4-6-16(7-5-15)28-19(20)21/h2-7,12,19H,8-11H2,1H3,(H,22,24). The van der Waals surface area contributed by atoms with Crippen LogP contribution >= 0.6 is 0 Å². The number of sulfonamides is 1. The summed E-state index contributed by atoms with van der Waals surface area (Å²) in [6, 6.07) is 9.85. The molecule has 1 aliphatic rings. The van der Waals surface area contributed by atoms with Gasteiger partial charge >= 0.3 is 6.61 Å². The second-order valence-electron chi connectivity index (χ2n) is 6.35. The second kappa shape index (κ2) is 8.85. The molecule has 0 radical (unpaired) electrons. The molecule has 1 fully saturated rings. The third-order valence-corrected chi connectivity index (χ3v) is 6.42. The molecule has 7 nitrogen and oxygen atoms in total. The highest BCUT2D eigenvalue weighted by Gasteiger charge is 2.28. The van der Waals surface area contributed by atoms with Crippen LogP contribution in [0.25, 0.3) is 0 Å². The van der Waals surface area contributed by atoms with Gasteiger partial charge in [-0.05, 0) is 48.9 Å². The maximum absolute atomic E-state index is 12.9. The summed E-state index contributed by atoms with van der Waals surface area (Å²) >= 11 is 0. The van der Waals surface area contributed by atoms with E-state index >= 15 is 0 Å². The molecule has 3 rings (SSSR count). The molecule has 0 aliphatic carbocycles. The Morgan fingerprint density at radius 3 is 2.41 bits per heavy atom. The number of amides is 1. The molecular formula is C19H20F2N2O5S. The van der Waals surface area contributed by atoms with E-state index in [-0.39, 0.29) is 29.3 Å². The molecule has 1 aliphatic heterocycles. The molecule has 0 atom stereocenters. The number of hydrogen-bond acceptors (Lipinski definition) is 5. The number of morpholine rings is 1. The maximum atomic E-state index is 12.9. The number of nitrogens with one attached hydrogen (secondary N) is 1. The Morgan fingerprint density at radius 1 is 1.14 bits per heavy atom. The number of nitrogens with zero attached hydrogens (tertiary/aromatic N) is 1. The van der Waals surface area contributed by atoms with Gasteiger partial charge in [0, 0.05) is 24.3 Å². The first-order valence-corrected chi connectivity index (χ1v) is 10.3. The van der Waals surface area contributed by atoms with E-state index in [0.29, 0.717) is 24.5 Å². The minimum Gasteiger partial charge on any atom is -0.435 e. The lowest BCUT2D eigenvalue weighted by Gasteiger charge is -2.26. The molecule has 10 heteroatoms. The lowest BCUT2D eigenvalue weighted by molar-refractivity contribution is -0.0498. The van der Waals surface area contributed by atoms with Crippen molar-refractivity contribution in [3.63, 3.8) is 0 Å². The summed E-state index contributed by atoms with van der Waals surface area (Å²) in [5.74, 6) is -0.557. The summed E-state index contributed by atoms with van der Waals surface area (Å²) in [5, 5.41) is 2.61. The van der Waals surface area contributed by atoms with E-state index in [4.69, 9.17) is 4.74 Å². The summed E-state index contributed by atoms with van der Waals surface area (Å²) in [6.07, 6.45) is 0. The van der Waals surface area contributed by atoms with Crippen molar-refractivity contribution < 1.29 is 31.5 Å². The van der Waals surface area contributed by atoms with Crippen molar-refractivity contribution in [3.05, 3.63) is 53.6 Å². The minimum absolute atomic E-state index is 0.0350. The number of hydrogen-bond donors (Lipinski definition) is 1. The van der Waals surface area contributed by atoms with E-state index in [1.165, 1.54) is 40.7 Å². The van der Waals surface area contributed by atoms with Crippen LogP contribution in [0, 0.1) is 6.92 Å². The van der Waals surface area contributed by atoms with Gasteiger partial charge in [-0.3, -0.25) is 4.79 Å². The van der Waals surface area contributed by atoms with Crippen LogP contribution in [0.4, 0.5) is 14.5 Å². The molecule has 2 aromatic carbocycles. The number of carbonyl (C=O) groups is 1. The van der Waals surface area contributed by atoms with Crippen LogP contribution in [0.1, 0.15) is 15.9 Å². The van der Waals surface area contributed by atoms with Crippen molar-refractivity contribution in [1.82, 2.24) is 4.31 Å². The Kier molecular flexibility index (Phi) is 6.46. The Morgan fingerprint density at radius 2 is 1.79 bits per heavy atom. The third kappa shape index (κ3) is 5.08. The van der Waals surface area contributed by atoms with Crippen LogP contribution < -0.4 is 10.1 Å². The van der Waals surface area contributed by atoms with Crippen molar-refractivity contribution in [2.75, 3.05) is 31.6 Å². The quantitative estimate of drug-likeness (QED) is 0.768. The highest BCUT2D eigenvalue weighted by atomic mass is 32.2. The SMILES string of the molecule is Cc1ccc(C(=O)Nc2ccc(OC(F)F)cc2)cc1S(=O)(=O)N1CCOCC1. The van der Waals surface area contributed by atoms with Crippen molar-refractivity contribution in [2.45, 2.75) is 18.4 Å². The summed E-state index contributed by atoms with van der Waals surface area (Å²) in [7, 11) is -3.75. The number of alkyl halides is 2. The molecule has 0 unspecified atom stereocenters. The number of anilines is 1. The fraction of sp³-hybridized carbons (Fsp3) is 0.316. The highest BCUT2D eigenvalue weighted by Crippen LogP contribution is 2.23. The third-order valence-electron chi connectivity index (χ3n) is 4.38. The van der Waals surface area contributed by atoms with Gasteiger partial charge in [-0.25, -0.2) is 8.42 Å². The van der Waals surface area contributed by atoms with Crippen LogP contribution in [0.3, 0.4) is 0 Å². The van der Waals surface area contributed by atoms with E-state index in [1.54, 1.807) is 13.0 Å². The van der Waals surface area contributed by atoms with Crippen LogP contribution in [0.15, 0.2) is 47.4 Å². The molecule has 1 amide bonds. The first-order chi connectivity index (χ1) is 13.8. The molecule has 0 spiro atoms. The minimum atomic E-state index is -3.75. The molecule has 0 saturated carbocycles. The number of halogens is 2. The fourth-order valence-corrected chi connectivity index (χ4v) is 4.53. The molecule has 2 aromatic rings. The predicted molar refractivity (Wildman–Crippen MR) is 102 cm³/mol. The molecule has 156 valence electrons. The first-order valence-electron chi connectivity index (χ1n) is 8.82. The largest absolute Gasteiger partial charge is 0.435 e. The van der Waals surface area contributed by atoms with Gasteiger partial charge in [0.15, 0.2) is 0 Å². The van der Waals surface area contributed by atoms with Gasteiger partial charge < -0.3 is 14.8 Å². The zero-order valence-corrected chi connectivity index (χ0v) is 16.4. The molecule has 0 aromatic heterocycles. The van der Waals surface area contributed by atoms with Gasteiger partial charge in [-0.1, -0.05) is 6.07 Å². The Hall–Kier alpha value is -2.56. The number of rotatable bonds is 6. The van der Waals surface area contributed by atoms with E-state index in [0.717, 1.165) is 0 Å². The zero-order chi connectivity index (χ0) is 21.0. The average Bonchev–Trinajstić information content (AvgIpc) is 2.70. The predicted octanol–water partition coefficient (Wildman–Crippen LogP) is 2.87. The van der Waals surface area contributed by atoms with Gasteiger partial charge in [0.1, 0.15) is 5.75 Å². The number of benzene rings is 2. The Bertz CT molecular complexity index is 975. The molecular weight excluding hydrogens is 406 g/mol. The van der Waals surface area contributed by atoms with Crippen LogP contribution in [-0.4, -0.2) is 51.5 Å². The zero-order valence-electron chi connectivity index (χ0n) is 15.6. The lowest BCUT2D eigenvalue weighted by atomic mass is 10.1. The van der Waals surface area contributed by atoms with Crippen molar-refractivity contribution in [2.24, 2.45) is 0 Å². The van der Waals surface area contributed by atoms with Gasteiger partial charge in [0.05, 0.1) is 18.1 Å². The summed E-state index contributed by atoms with van der Waals surface area (Å²) in [4.78, 5) is 12.6. The topological polar surface area (TPSA) is 84.9 Å². The molecule has 0 bridgehead atoms. The van der Waals surface area contributed by atoms with E-state index in [9.17, 15) is 22.0 Å². The smallest absolute Gasteiger partial charge is 0.387 e. The van der Waals surface area contributed by atoms with Gasteiger partial charge in [-0.2, -0.15) is 13.1 Å². The van der Waals surface area contributed by atoms with Crippen LogP contribution in [-0.2, 0) is 14.8 Å². The molecule has 1 saturated heterocycles. The fourth-order valence-electron chi connectivity index (χ4n) is 2.87. The summed E-state index contributed by atoms with van der Waals surface area (Å²) in [5.41, 5.74) is 1.05. The first kappa shape index (κ1) is 21.2. The van der Waals surface area contributed by atoms with Crippen molar-refractivity contribution in [1.29, 1.82) is 0 Å². The summed E-state index contributed by atoms with van der Waals surface area (Å²) in [6.45, 7) is -0.115. The van der Waals surface area contributed by atoms with Crippen molar-refractivity contribution >= 4 is 21.6 Å². The Balaban J connectivity index is 1.79. The maximum Gasteiger partial charge on any atom is 0.387 e. The van der Waals surface area contributed by atoms with Gasteiger partial charge in [0.2, 0.25) is 10.0 Å². The van der Waals surface area contributed by atoms with Crippen LogP contribution in [0.5, 0.6) is 5.75 Å². The van der Waals surface area contributed by atoms with Crippen LogP contribution in [0.2, 0.25) is 0 Å². The summed E-state index contributed by atoms with van der Waals surface area (Å²) < 4.78 is 61.1. The van der Waals surface area contributed by atoms with E-state index in [2.05, 4.69) is 10.1 Å². The van der Waals surface area contributed by atoms with Crippen molar-refractivity contribution in [3.8, 4) is 5.75 Å². The number of ether oxygens (including phenoxy) is 2. The van der Waals surface area contributed by atoms with E-state index < -0.39 is 22.5 Å². The Labute approximate surface area is 167 Å².